The molecule has 1 aliphatic heterocycles. The van der Waals surface area contributed by atoms with E-state index in [0.29, 0.717) is 0 Å². The minimum atomic E-state index is -0.0832. The van der Waals surface area contributed by atoms with Gasteiger partial charge in [0, 0.05) is 5.92 Å². The minimum absolute atomic E-state index is 0.0104. The number of hydrogen-bond donors (Lipinski definition) is 0. The summed E-state index contributed by atoms with van der Waals surface area (Å²) in [7, 11) is 0. The van der Waals surface area contributed by atoms with Gasteiger partial charge < -0.3 is 4.74 Å². The summed E-state index contributed by atoms with van der Waals surface area (Å²) in [6.07, 6.45) is 4.48. The van der Waals surface area contributed by atoms with Crippen molar-refractivity contribution < 1.29 is 14.3 Å². The highest BCUT2D eigenvalue weighted by Gasteiger charge is 2.42. The van der Waals surface area contributed by atoms with Crippen LogP contribution in [0.2, 0.25) is 0 Å². The highest BCUT2D eigenvalue weighted by molar-refractivity contribution is 5.76. The number of rotatable bonds is 1. The van der Waals surface area contributed by atoms with Crippen LogP contribution in [0.3, 0.4) is 0 Å². The van der Waals surface area contributed by atoms with Crippen molar-refractivity contribution in [3.8, 4) is 0 Å². The molecule has 1 heterocycles. The van der Waals surface area contributed by atoms with Crippen molar-refractivity contribution in [1.29, 1.82) is 0 Å². The van der Waals surface area contributed by atoms with Crippen LogP contribution >= 0.6 is 0 Å². The van der Waals surface area contributed by atoms with E-state index < -0.39 is 0 Å². The van der Waals surface area contributed by atoms with Gasteiger partial charge in [-0.05, 0) is 24.3 Å². The van der Waals surface area contributed by atoms with Crippen molar-refractivity contribution in [2.75, 3.05) is 0 Å². The maximum absolute atomic E-state index is 11.4. The van der Waals surface area contributed by atoms with Gasteiger partial charge in [-0.3, -0.25) is 9.59 Å². The third-order valence-electron chi connectivity index (χ3n) is 3.68. The second-order valence-corrected chi connectivity index (χ2v) is 4.62. The first-order valence-electron chi connectivity index (χ1n) is 5.49. The third kappa shape index (κ3) is 1.71. The molecule has 3 heteroatoms. The third-order valence-corrected chi connectivity index (χ3v) is 3.68. The number of carbonyl (C=O) groups is 2. The Morgan fingerprint density at radius 2 is 2.20 bits per heavy atom. The molecule has 0 bridgehead atoms. The summed E-state index contributed by atoms with van der Waals surface area (Å²) >= 11 is 0. The monoisotopic (exact) mass is 208 g/mol. The summed E-state index contributed by atoms with van der Waals surface area (Å²) < 4.78 is 5.33. The predicted octanol–water partition coefficient (Wildman–Crippen LogP) is 1.72. The number of ether oxygens (including phenoxy) is 1. The normalized spacial score (nSPS) is 40.1. The second-order valence-electron chi connectivity index (χ2n) is 4.62. The van der Waals surface area contributed by atoms with Gasteiger partial charge in [-0.1, -0.05) is 19.9 Å². The smallest absolute Gasteiger partial charge is 0.309 e. The fraction of sp³-hybridized carbons (Fsp3) is 0.667. The zero-order valence-corrected chi connectivity index (χ0v) is 9.10. The summed E-state index contributed by atoms with van der Waals surface area (Å²) in [5.41, 5.74) is 0.854. The Balaban J connectivity index is 2.21. The van der Waals surface area contributed by atoms with E-state index in [2.05, 4.69) is 0 Å². The average Bonchev–Trinajstić information content (AvgIpc) is 2.39. The lowest BCUT2D eigenvalue weighted by atomic mass is 9.87. The maximum Gasteiger partial charge on any atom is 0.309 e. The first-order chi connectivity index (χ1) is 7.13. The topological polar surface area (TPSA) is 43.4 Å². The zero-order valence-electron chi connectivity index (χ0n) is 9.10. The Morgan fingerprint density at radius 1 is 1.47 bits per heavy atom. The number of esters is 1. The van der Waals surface area contributed by atoms with Gasteiger partial charge in [0.2, 0.25) is 0 Å². The van der Waals surface area contributed by atoms with Crippen molar-refractivity contribution in [3.63, 3.8) is 0 Å². The van der Waals surface area contributed by atoms with Gasteiger partial charge in [-0.2, -0.15) is 0 Å². The van der Waals surface area contributed by atoms with Gasteiger partial charge in [0.1, 0.15) is 12.4 Å². The van der Waals surface area contributed by atoms with E-state index in [9.17, 15) is 9.59 Å². The number of fused-ring (bicyclic) bond motifs is 1. The molecule has 4 atom stereocenters. The summed E-state index contributed by atoms with van der Waals surface area (Å²) in [6.45, 7) is 3.93. The van der Waals surface area contributed by atoms with E-state index in [0.717, 1.165) is 24.7 Å². The fourth-order valence-corrected chi connectivity index (χ4v) is 2.54. The van der Waals surface area contributed by atoms with Crippen LogP contribution in [0.5, 0.6) is 0 Å². The molecule has 15 heavy (non-hydrogen) atoms. The van der Waals surface area contributed by atoms with Crippen molar-refractivity contribution in [1.82, 2.24) is 0 Å². The van der Waals surface area contributed by atoms with Gasteiger partial charge in [-0.25, -0.2) is 0 Å². The first-order valence-corrected chi connectivity index (χ1v) is 5.49. The quantitative estimate of drug-likeness (QED) is 0.487. The average molecular weight is 208 g/mol. The molecule has 82 valence electrons. The maximum atomic E-state index is 11.4. The predicted molar refractivity (Wildman–Crippen MR) is 55.1 cm³/mol. The summed E-state index contributed by atoms with van der Waals surface area (Å²) in [4.78, 5) is 22.2. The minimum Gasteiger partial charge on any atom is -0.462 e. The lowest BCUT2D eigenvalue weighted by Gasteiger charge is -2.17. The van der Waals surface area contributed by atoms with E-state index in [1.54, 1.807) is 0 Å². The summed E-state index contributed by atoms with van der Waals surface area (Å²) in [5.74, 6) is 0.359. The Morgan fingerprint density at radius 3 is 2.87 bits per heavy atom. The SMILES string of the molecule is C[C@H]1C[C@@H]2OC(=O)[C@H](C)[C@@H]2CC=C1C=O. The molecular formula is C12H16O3. The number of aldehydes is 1. The van der Waals surface area contributed by atoms with Gasteiger partial charge >= 0.3 is 5.97 Å². The lowest BCUT2D eigenvalue weighted by molar-refractivity contribution is -0.144. The van der Waals surface area contributed by atoms with Gasteiger partial charge in [0.15, 0.2) is 0 Å². The Labute approximate surface area is 89.5 Å². The highest BCUT2D eigenvalue weighted by Crippen LogP contribution is 2.38. The largest absolute Gasteiger partial charge is 0.462 e. The lowest BCUT2D eigenvalue weighted by Crippen LogP contribution is -2.19. The fourth-order valence-electron chi connectivity index (χ4n) is 2.54. The standard InChI is InChI=1S/C12H16O3/c1-7-5-11-10(4-3-9(7)6-13)8(2)12(14)15-11/h3,6-8,10-11H,4-5H2,1-2H3/t7-,8+,10-,11-/m0/s1. The van der Waals surface area contributed by atoms with Crippen LogP contribution in [0.1, 0.15) is 26.7 Å². The van der Waals surface area contributed by atoms with Crippen LogP contribution < -0.4 is 0 Å². The molecule has 0 aromatic heterocycles. The van der Waals surface area contributed by atoms with Crippen LogP contribution in [-0.2, 0) is 14.3 Å². The molecule has 1 aliphatic carbocycles. The molecule has 2 rings (SSSR count). The Bertz CT molecular complexity index is 319. The zero-order chi connectivity index (χ0) is 11.0. The molecule has 0 aromatic rings. The van der Waals surface area contributed by atoms with Crippen LogP contribution in [-0.4, -0.2) is 18.4 Å². The van der Waals surface area contributed by atoms with Crippen LogP contribution in [0.4, 0.5) is 0 Å². The van der Waals surface area contributed by atoms with E-state index in [4.69, 9.17) is 4.74 Å². The summed E-state index contributed by atoms with van der Waals surface area (Å²) in [5, 5.41) is 0. The molecule has 0 spiro atoms. The molecule has 2 aliphatic rings. The van der Waals surface area contributed by atoms with Crippen LogP contribution in [0.25, 0.3) is 0 Å². The molecule has 0 saturated carbocycles. The number of allylic oxidation sites excluding steroid dienone is 2. The van der Waals surface area contributed by atoms with Crippen molar-refractivity contribution in [3.05, 3.63) is 11.6 Å². The summed E-state index contributed by atoms with van der Waals surface area (Å²) in [6, 6.07) is 0. The van der Waals surface area contributed by atoms with Crippen LogP contribution in [0, 0.1) is 17.8 Å². The number of carbonyl (C=O) groups excluding carboxylic acids is 2. The Hall–Kier alpha value is -1.12. The van der Waals surface area contributed by atoms with Gasteiger partial charge in [-0.15, -0.1) is 0 Å². The van der Waals surface area contributed by atoms with E-state index >= 15 is 0 Å². The molecule has 0 N–H and O–H groups in total. The Kier molecular flexibility index (Phi) is 2.63. The van der Waals surface area contributed by atoms with E-state index in [1.165, 1.54) is 0 Å². The van der Waals surface area contributed by atoms with Gasteiger partial charge in [0.05, 0.1) is 5.92 Å². The molecule has 3 nitrogen and oxygen atoms in total. The molecule has 1 saturated heterocycles. The van der Waals surface area contributed by atoms with E-state index in [1.807, 2.05) is 19.9 Å². The molecular weight excluding hydrogens is 192 g/mol. The molecule has 0 amide bonds. The van der Waals surface area contributed by atoms with Gasteiger partial charge in [0.25, 0.3) is 0 Å². The van der Waals surface area contributed by atoms with Crippen molar-refractivity contribution >= 4 is 12.3 Å². The molecule has 0 aromatic carbocycles. The first kappa shape index (κ1) is 10.4. The number of hydrogen-bond acceptors (Lipinski definition) is 3. The van der Waals surface area contributed by atoms with Crippen LogP contribution in [0.15, 0.2) is 11.6 Å². The second kappa shape index (κ2) is 3.80. The van der Waals surface area contributed by atoms with Crippen molar-refractivity contribution in [2.24, 2.45) is 17.8 Å². The highest BCUT2D eigenvalue weighted by atomic mass is 16.6. The molecule has 0 radical (unpaired) electrons. The molecule has 0 unspecified atom stereocenters. The molecule has 1 fully saturated rings. The van der Waals surface area contributed by atoms with E-state index in [-0.39, 0.29) is 29.8 Å². The van der Waals surface area contributed by atoms with Crippen molar-refractivity contribution in [2.45, 2.75) is 32.8 Å².